The molecule has 2 saturated heterocycles. The van der Waals surface area contributed by atoms with Gasteiger partial charge in [-0.3, -0.25) is 9.69 Å². The Kier molecular flexibility index (Phi) is 5.30. The lowest BCUT2D eigenvalue weighted by molar-refractivity contribution is 0.0555. The summed E-state index contributed by atoms with van der Waals surface area (Å²) in [7, 11) is 2.21. The van der Waals surface area contributed by atoms with Crippen LogP contribution in [-0.4, -0.2) is 73.0 Å². The van der Waals surface area contributed by atoms with Gasteiger partial charge in [0, 0.05) is 45.3 Å². The summed E-state index contributed by atoms with van der Waals surface area (Å²) < 4.78 is 5.51. The Hall–Kier alpha value is -1.33. The normalized spacial score (nSPS) is 24.5. The molecule has 1 atom stereocenters. The minimum atomic E-state index is 0.135. The van der Waals surface area contributed by atoms with Crippen molar-refractivity contribution in [2.75, 3.05) is 46.3 Å². The maximum Gasteiger partial charge on any atom is 0.257 e. The zero-order valence-corrected chi connectivity index (χ0v) is 15.5. The van der Waals surface area contributed by atoms with E-state index in [1.807, 2.05) is 24.8 Å². The van der Waals surface area contributed by atoms with Gasteiger partial charge in [-0.1, -0.05) is 0 Å². The minimum absolute atomic E-state index is 0.135. The van der Waals surface area contributed by atoms with Crippen LogP contribution in [0.4, 0.5) is 0 Å². The number of hydrogen-bond donors (Lipinski definition) is 0. The number of likely N-dealkylation sites (N-methyl/N-ethyl adjacent to an activating group) is 1. The Morgan fingerprint density at radius 2 is 1.92 bits per heavy atom. The topological polar surface area (TPSA) is 39.9 Å². The first-order chi connectivity index (χ1) is 11.4. The summed E-state index contributed by atoms with van der Waals surface area (Å²) in [4.78, 5) is 19.7. The molecule has 5 nitrogen and oxygen atoms in total. The van der Waals surface area contributed by atoms with E-state index in [-0.39, 0.29) is 5.91 Å². The van der Waals surface area contributed by atoms with Crippen LogP contribution in [0.1, 0.15) is 41.6 Å². The molecule has 0 aliphatic carbocycles. The van der Waals surface area contributed by atoms with Crippen molar-refractivity contribution in [3.8, 4) is 0 Å². The molecule has 3 rings (SSSR count). The Labute approximate surface area is 145 Å². The van der Waals surface area contributed by atoms with Gasteiger partial charge in [-0.25, -0.2) is 0 Å². The van der Waals surface area contributed by atoms with Gasteiger partial charge in [0.25, 0.3) is 5.91 Å². The third kappa shape index (κ3) is 3.83. The summed E-state index contributed by atoms with van der Waals surface area (Å²) in [5.74, 6) is 2.41. The molecule has 1 amide bonds. The van der Waals surface area contributed by atoms with Gasteiger partial charge in [0.1, 0.15) is 11.5 Å². The first kappa shape index (κ1) is 17.5. The summed E-state index contributed by atoms with van der Waals surface area (Å²) in [6.07, 6.45) is 2.22. The highest BCUT2D eigenvalue weighted by molar-refractivity contribution is 5.95. The van der Waals surface area contributed by atoms with Gasteiger partial charge in [0.15, 0.2) is 0 Å². The van der Waals surface area contributed by atoms with E-state index in [1.165, 1.54) is 19.6 Å². The zero-order valence-electron chi connectivity index (χ0n) is 15.5. The van der Waals surface area contributed by atoms with Crippen LogP contribution in [0.25, 0.3) is 0 Å². The number of piperazine rings is 1. The molecule has 1 aromatic rings. The SMILES string of the molecule is Cc1cc(C(=O)N2CCC(CN3CCN(C)C[C@H]3C)CC2)c(C)o1. The lowest BCUT2D eigenvalue weighted by atomic mass is 9.94. The van der Waals surface area contributed by atoms with Crippen LogP contribution in [0.2, 0.25) is 0 Å². The number of carbonyl (C=O) groups excluding carboxylic acids is 1. The van der Waals surface area contributed by atoms with E-state index in [0.717, 1.165) is 49.6 Å². The lowest BCUT2D eigenvalue weighted by Gasteiger charge is -2.41. The number of hydrogen-bond acceptors (Lipinski definition) is 4. The van der Waals surface area contributed by atoms with Crippen molar-refractivity contribution < 1.29 is 9.21 Å². The van der Waals surface area contributed by atoms with E-state index >= 15 is 0 Å². The van der Waals surface area contributed by atoms with E-state index in [4.69, 9.17) is 4.42 Å². The van der Waals surface area contributed by atoms with Crippen molar-refractivity contribution in [1.29, 1.82) is 0 Å². The Morgan fingerprint density at radius 1 is 1.21 bits per heavy atom. The molecule has 5 heteroatoms. The van der Waals surface area contributed by atoms with Crippen LogP contribution in [0.15, 0.2) is 10.5 Å². The smallest absolute Gasteiger partial charge is 0.257 e. The predicted molar refractivity (Wildman–Crippen MR) is 95.3 cm³/mol. The fourth-order valence-electron chi connectivity index (χ4n) is 4.11. The third-order valence-corrected chi connectivity index (χ3v) is 5.63. The quantitative estimate of drug-likeness (QED) is 0.851. The second-order valence-electron chi connectivity index (χ2n) is 7.67. The van der Waals surface area contributed by atoms with Crippen LogP contribution in [0.5, 0.6) is 0 Å². The molecule has 2 fully saturated rings. The number of furan rings is 1. The van der Waals surface area contributed by atoms with Crippen LogP contribution < -0.4 is 0 Å². The number of rotatable bonds is 3. The van der Waals surface area contributed by atoms with Gasteiger partial charge < -0.3 is 14.2 Å². The molecule has 3 heterocycles. The van der Waals surface area contributed by atoms with Gasteiger partial charge in [0.05, 0.1) is 5.56 Å². The number of piperidine rings is 1. The number of carbonyl (C=O) groups is 1. The monoisotopic (exact) mass is 333 g/mol. The van der Waals surface area contributed by atoms with Crippen LogP contribution in [-0.2, 0) is 0 Å². The Morgan fingerprint density at radius 3 is 2.50 bits per heavy atom. The molecule has 0 bridgehead atoms. The maximum atomic E-state index is 12.7. The van der Waals surface area contributed by atoms with Crippen molar-refractivity contribution in [3.63, 3.8) is 0 Å². The van der Waals surface area contributed by atoms with E-state index < -0.39 is 0 Å². The van der Waals surface area contributed by atoms with Crippen molar-refractivity contribution in [1.82, 2.24) is 14.7 Å². The van der Waals surface area contributed by atoms with E-state index in [1.54, 1.807) is 0 Å². The fraction of sp³-hybridized carbons (Fsp3) is 0.737. The zero-order chi connectivity index (χ0) is 17.3. The van der Waals surface area contributed by atoms with E-state index in [9.17, 15) is 4.79 Å². The van der Waals surface area contributed by atoms with Gasteiger partial charge in [-0.2, -0.15) is 0 Å². The average Bonchev–Trinajstić information content (AvgIpc) is 2.88. The van der Waals surface area contributed by atoms with Gasteiger partial charge in [0.2, 0.25) is 0 Å². The lowest BCUT2D eigenvalue weighted by Crippen LogP contribution is -2.52. The molecule has 0 N–H and O–H groups in total. The molecule has 134 valence electrons. The van der Waals surface area contributed by atoms with Gasteiger partial charge >= 0.3 is 0 Å². The summed E-state index contributed by atoms with van der Waals surface area (Å²) in [6, 6.07) is 2.51. The van der Waals surface area contributed by atoms with Gasteiger partial charge in [-0.15, -0.1) is 0 Å². The predicted octanol–water partition coefficient (Wildman–Crippen LogP) is 2.38. The second kappa shape index (κ2) is 7.28. The molecular weight excluding hydrogens is 302 g/mol. The Balaban J connectivity index is 1.51. The minimum Gasteiger partial charge on any atom is -0.466 e. The van der Waals surface area contributed by atoms with Crippen molar-refractivity contribution in [2.45, 2.75) is 39.7 Å². The number of likely N-dealkylation sites (tertiary alicyclic amines) is 1. The molecule has 0 spiro atoms. The second-order valence-corrected chi connectivity index (χ2v) is 7.67. The summed E-state index contributed by atoms with van der Waals surface area (Å²) in [5, 5.41) is 0. The summed E-state index contributed by atoms with van der Waals surface area (Å²) in [5.41, 5.74) is 0.735. The number of aryl methyl sites for hydroxylation is 2. The third-order valence-electron chi connectivity index (χ3n) is 5.63. The van der Waals surface area contributed by atoms with Crippen molar-refractivity contribution >= 4 is 5.91 Å². The van der Waals surface area contributed by atoms with Gasteiger partial charge in [-0.05, 0) is 52.6 Å². The molecule has 2 aliphatic heterocycles. The number of nitrogens with zero attached hydrogens (tertiary/aromatic N) is 3. The molecular formula is C19H31N3O2. The Bertz CT molecular complexity index is 575. The molecule has 0 unspecified atom stereocenters. The first-order valence-corrected chi connectivity index (χ1v) is 9.23. The highest BCUT2D eigenvalue weighted by Gasteiger charge is 2.29. The standard InChI is InChI=1S/C19H31N3O2/c1-14-12-20(4)9-10-22(14)13-17-5-7-21(8-6-17)19(23)18-11-15(2)24-16(18)3/h11,14,17H,5-10,12-13H2,1-4H3/t14-/m1/s1. The van der Waals surface area contributed by atoms with Crippen LogP contribution in [0.3, 0.4) is 0 Å². The summed E-state index contributed by atoms with van der Waals surface area (Å²) >= 11 is 0. The van der Waals surface area contributed by atoms with Crippen LogP contribution >= 0.6 is 0 Å². The van der Waals surface area contributed by atoms with Crippen LogP contribution in [0, 0.1) is 19.8 Å². The highest BCUT2D eigenvalue weighted by atomic mass is 16.3. The highest BCUT2D eigenvalue weighted by Crippen LogP contribution is 2.23. The van der Waals surface area contributed by atoms with Crippen molar-refractivity contribution in [2.24, 2.45) is 5.92 Å². The number of amides is 1. The van der Waals surface area contributed by atoms with E-state index in [0.29, 0.717) is 12.0 Å². The molecule has 0 saturated carbocycles. The fourth-order valence-corrected chi connectivity index (χ4v) is 4.11. The maximum absolute atomic E-state index is 12.7. The molecule has 1 aromatic heterocycles. The van der Waals surface area contributed by atoms with E-state index in [2.05, 4.69) is 23.8 Å². The summed E-state index contributed by atoms with van der Waals surface area (Å²) in [6.45, 7) is 12.5. The van der Waals surface area contributed by atoms with Crippen molar-refractivity contribution in [3.05, 3.63) is 23.2 Å². The first-order valence-electron chi connectivity index (χ1n) is 9.23. The molecule has 0 radical (unpaired) electrons. The average molecular weight is 333 g/mol. The largest absolute Gasteiger partial charge is 0.466 e. The molecule has 24 heavy (non-hydrogen) atoms. The molecule has 2 aliphatic rings. The molecule has 0 aromatic carbocycles.